The highest BCUT2D eigenvalue weighted by Gasteiger charge is 2.28. The number of hydrogen-bond donors (Lipinski definition) is 1. The Morgan fingerprint density at radius 1 is 1.14 bits per heavy atom. The van der Waals surface area contributed by atoms with Gasteiger partial charge in [0.2, 0.25) is 5.76 Å². The van der Waals surface area contributed by atoms with Crippen molar-refractivity contribution in [1.82, 2.24) is 15.0 Å². The van der Waals surface area contributed by atoms with Gasteiger partial charge in [-0.1, -0.05) is 34.4 Å². The number of amides is 1. The molecule has 1 N–H and O–H groups in total. The molecule has 29 heavy (non-hydrogen) atoms. The summed E-state index contributed by atoms with van der Waals surface area (Å²) in [7, 11) is 0. The molecule has 0 bridgehead atoms. The van der Waals surface area contributed by atoms with Crippen molar-refractivity contribution in [3.8, 4) is 0 Å². The fourth-order valence-electron chi connectivity index (χ4n) is 4.14. The number of carbonyl (C=O) groups is 1. The van der Waals surface area contributed by atoms with E-state index in [9.17, 15) is 9.90 Å². The van der Waals surface area contributed by atoms with E-state index in [4.69, 9.17) is 27.7 Å². The molecular weight excluding hydrogens is 413 g/mol. The molecule has 2 aliphatic rings. The molecule has 3 heterocycles. The van der Waals surface area contributed by atoms with Crippen LogP contribution in [-0.2, 0) is 6.54 Å². The summed E-state index contributed by atoms with van der Waals surface area (Å²) in [5.41, 5.74) is 1.97. The molecule has 6 nitrogen and oxygen atoms in total. The monoisotopic (exact) mass is 437 g/mol. The maximum atomic E-state index is 12.6. The van der Waals surface area contributed by atoms with E-state index in [0.29, 0.717) is 36.0 Å². The second-order valence-corrected chi connectivity index (χ2v) is 8.78. The van der Waals surface area contributed by atoms with Crippen LogP contribution >= 0.6 is 23.2 Å². The van der Waals surface area contributed by atoms with Crippen molar-refractivity contribution in [2.75, 3.05) is 26.2 Å². The Kier molecular flexibility index (Phi) is 6.44. The van der Waals surface area contributed by atoms with Crippen molar-refractivity contribution in [3.05, 3.63) is 51.3 Å². The van der Waals surface area contributed by atoms with Crippen LogP contribution in [0.3, 0.4) is 0 Å². The summed E-state index contributed by atoms with van der Waals surface area (Å²) in [5, 5.41) is 15.0. The fourth-order valence-corrected chi connectivity index (χ4v) is 4.46. The number of piperidine rings is 2. The van der Waals surface area contributed by atoms with Gasteiger partial charge in [0.25, 0.3) is 5.91 Å². The first kappa shape index (κ1) is 20.7. The highest BCUT2D eigenvalue weighted by atomic mass is 35.5. The van der Waals surface area contributed by atoms with Crippen molar-refractivity contribution >= 4 is 29.1 Å². The second-order valence-electron chi connectivity index (χ2n) is 7.96. The summed E-state index contributed by atoms with van der Waals surface area (Å²) in [6.07, 6.45) is 2.99. The molecule has 1 aromatic heterocycles. The summed E-state index contributed by atoms with van der Waals surface area (Å²) in [4.78, 5) is 16.7. The second kappa shape index (κ2) is 9.04. The number of hydrogen-bond acceptors (Lipinski definition) is 5. The zero-order chi connectivity index (χ0) is 20.4. The van der Waals surface area contributed by atoms with Gasteiger partial charge >= 0.3 is 0 Å². The quantitative estimate of drug-likeness (QED) is 0.783. The molecular formula is C21H25Cl2N3O3. The first-order valence-corrected chi connectivity index (χ1v) is 10.9. The van der Waals surface area contributed by atoms with E-state index < -0.39 is 0 Å². The number of carbonyl (C=O) groups excluding carboxylic acids is 1. The van der Waals surface area contributed by atoms with Gasteiger partial charge in [0.05, 0.1) is 21.8 Å². The van der Waals surface area contributed by atoms with Gasteiger partial charge in [-0.2, -0.15) is 0 Å². The molecule has 2 saturated heterocycles. The topological polar surface area (TPSA) is 69.8 Å². The molecule has 156 valence electrons. The molecule has 1 aromatic carbocycles. The Bertz CT molecular complexity index is 865. The van der Waals surface area contributed by atoms with Gasteiger partial charge in [-0.3, -0.25) is 9.69 Å². The van der Waals surface area contributed by atoms with Crippen LogP contribution in [0.15, 0.2) is 28.8 Å². The molecule has 2 aliphatic heterocycles. The summed E-state index contributed by atoms with van der Waals surface area (Å²) < 4.78 is 5.39. The molecule has 4 rings (SSSR count). The first-order valence-electron chi connectivity index (χ1n) is 10.1. The van der Waals surface area contributed by atoms with Gasteiger partial charge in [0.15, 0.2) is 0 Å². The number of aliphatic hydroxyl groups is 1. The molecule has 2 aromatic rings. The number of halogens is 2. The van der Waals surface area contributed by atoms with Crippen molar-refractivity contribution in [1.29, 1.82) is 0 Å². The average Bonchev–Trinajstić information content (AvgIpc) is 3.21. The van der Waals surface area contributed by atoms with E-state index in [0.717, 1.165) is 43.7 Å². The summed E-state index contributed by atoms with van der Waals surface area (Å²) >= 11 is 12.1. The van der Waals surface area contributed by atoms with Crippen LogP contribution in [0.5, 0.6) is 0 Å². The molecule has 1 atom stereocenters. The predicted octanol–water partition coefficient (Wildman–Crippen LogP) is 3.96. The molecule has 0 aliphatic carbocycles. The van der Waals surface area contributed by atoms with Crippen molar-refractivity contribution in [2.24, 2.45) is 0 Å². The molecule has 2 fully saturated rings. The Morgan fingerprint density at radius 3 is 2.69 bits per heavy atom. The predicted molar refractivity (Wildman–Crippen MR) is 111 cm³/mol. The van der Waals surface area contributed by atoms with Gasteiger partial charge in [0.1, 0.15) is 0 Å². The van der Waals surface area contributed by atoms with Gasteiger partial charge in [0, 0.05) is 38.2 Å². The van der Waals surface area contributed by atoms with Gasteiger partial charge in [-0.25, -0.2) is 0 Å². The van der Waals surface area contributed by atoms with Crippen LogP contribution in [0.4, 0.5) is 0 Å². The average molecular weight is 438 g/mol. The minimum atomic E-state index is -0.312. The highest BCUT2D eigenvalue weighted by Crippen LogP contribution is 2.29. The zero-order valence-electron chi connectivity index (χ0n) is 16.2. The number of nitrogens with zero attached hydrogens (tertiary/aromatic N) is 3. The maximum Gasteiger partial charge on any atom is 0.292 e. The SMILES string of the molecule is O=C(c1cc([C@@H]2CCCN(Cc3ccc(Cl)c(Cl)c3)C2)no1)N1CCC(O)CC1. The first-order chi connectivity index (χ1) is 14.0. The third-order valence-corrected chi connectivity index (χ3v) is 6.54. The standard InChI is InChI=1S/C21H25Cl2N3O3/c22-17-4-3-14(10-18(17)23)12-25-7-1-2-15(13-25)19-11-20(29-24-19)21(28)26-8-5-16(27)6-9-26/h3-4,10-11,15-16,27H,1-2,5-9,12-13H2/t15-/m1/s1. The number of benzene rings is 1. The van der Waals surface area contributed by atoms with Crippen LogP contribution in [0, 0.1) is 0 Å². The van der Waals surface area contributed by atoms with Crippen molar-refractivity contribution in [2.45, 2.75) is 44.2 Å². The van der Waals surface area contributed by atoms with Crippen LogP contribution in [0.25, 0.3) is 0 Å². The molecule has 8 heteroatoms. The van der Waals surface area contributed by atoms with E-state index in [1.165, 1.54) is 0 Å². The van der Waals surface area contributed by atoms with Gasteiger partial charge in [-0.15, -0.1) is 0 Å². The summed E-state index contributed by atoms with van der Waals surface area (Å²) in [5.74, 6) is 0.386. The Morgan fingerprint density at radius 2 is 1.93 bits per heavy atom. The van der Waals surface area contributed by atoms with Gasteiger partial charge in [-0.05, 0) is 49.9 Å². The molecule has 0 saturated carbocycles. The number of rotatable bonds is 4. The maximum absolute atomic E-state index is 12.6. The van der Waals surface area contributed by atoms with E-state index >= 15 is 0 Å². The normalized spacial score (nSPS) is 21.5. The number of aromatic nitrogens is 1. The van der Waals surface area contributed by atoms with Gasteiger partial charge < -0.3 is 14.5 Å². The zero-order valence-corrected chi connectivity index (χ0v) is 17.7. The lowest BCUT2D eigenvalue weighted by Crippen LogP contribution is -2.39. The third-order valence-electron chi connectivity index (χ3n) is 5.80. The lowest BCUT2D eigenvalue weighted by molar-refractivity contribution is 0.0512. The van der Waals surface area contributed by atoms with Crippen molar-refractivity contribution < 1.29 is 14.4 Å². The molecule has 0 radical (unpaired) electrons. The van der Waals surface area contributed by atoms with Crippen LogP contribution in [0.1, 0.15) is 53.4 Å². The minimum Gasteiger partial charge on any atom is -0.393 e. The summed E-state index contributed by atoms with van der Waals surface area (Å²) in [6, 6.07) is 7.53. The molecule has 0 spiro atoms. The van der Waals surface area contributed by atoms with Crippen LogP contribution in [-0.4, -0.2) is 58.3 Å². The molecule has 0 unspecified atom stereocenters. The van der Waals surface area contributed by atoms with Crippen LogP contribution < -0.4 is 0 Å². The molecule has 1 amide bonds. The third kappa shape index (κ3) is 4.94. The Labute approximate surface area is 180 Å². The van der Waals surface area contributed by atoms with E-state index in [1.807, 2.05) is 18.2 Å². The smallest absolute Gasteiger partial charge is 0.292 e. The summed E-state index contributed by atoms with van der Waals surface area (Å²) in [6.45, 7) is 3.77. The minimum absolute atomic E-state index is 0.140. The van der Waals surface area contributed by atoms with E-state index in [1.54, 1.807) is 11.0 Å². The van der Waals surface area contributed by atoms with E-state index in [2.05, 4.69) is 10.1 Å². The largest absolute Gasteiger partial charge is 0.393 e. The van der Waals surface area contributed by atoms with Crippen LogP contribution in [0.2, 0.25) is 10.0 Å². The van der Waals surface area contributed by atoms with Crippen molar-refractivity contribution in [3.63, 3.8) is 0 Å². The van der Waals surface area contributed by atoms with E-state index in [-0.39, 0.29) is 23.7 Å². The lowest BCUT2D eigenvalue weighted by atomic mass is 9.94. The number of likely N-dealkylation sites (tertiary alicyclic amines) is 2. The number of aliphatic hydroxyl groups excluding tert-OH is 1. The fraction of sp³-hybridized carbons (Fsp3) is 0.524. The lowest BCUT2D eigenvalue weighted by Gasteiger charge is -2.31. The Balaban J connectivity index is 1.38. The highest BCUT2D eigenvalue weighted by molar-refractivity contribution is 6.42. The Hall–Kier alpha value is -1.60.